The van der Waals surface area contributed by atoms with Gasteiger partial charge in [0.15, 0.2) is 5.84 Å². The minimum Gasteiger partial charge on any atom is -0.380 e. The van der Waals surface area contributed by atoms with Crippen molar-refractivity contribution in [1.29, 1.82) is 0 Å². The average Bonchev–Trinajstić information content (AvgIpc) is 3.21. The summed E-state index contributed by atoms with van der Waals surface area (Å²) in [5.74, 6) is -2.41. The van der Waals surface area contributed by atoms with Crippen LogP contribution in [0.4, 0.5) is 4.39 Å². The minimum atomic E-state index is -4.16. The number of amidine groups is 1. The maximum atomic E-state index is 14.1. The summed E-state index contributed by atoms with van der Waals surface area (Å²) in [6, 6.07) is 12.5. The van der Waals surface area contributed by atoms with E-state index in [0.717, 1.165) is 12.1 Å². The van der Waals surface area contributed by atoms with Crippen LogP contribution in [-0.4, -0.2) is 20.2 Å². The van der Waals surface area contributed by atoms with E-state index in [0.29, 0.717) is 11.1 Å². The first kappa shape index (κ1) is 20.0. The number of hydrogen-bond donors (Lipinski definition) is 2. The van der Waals surface area contributed by atoms with E-state index in [1.807, 2.05) is 19.9 Å². The lowest BCUT2D eigenvalue weighted by atomic mass is 10.0. The van der Waals surface area contributed by atoms with Gasteiger partial charge < -0.3 is 10.6 Å². The van der Waals surface area contributed by atoms with Gasteiger partial charge in [0.05, 0.1) is 5.92 Å². The molecular weight excluding hydrogens is 385 g/mol. The molecule has 1 fully saturated rings. The monoisotopic (exact) mass is 405 g/mol. The third-order valence-corrected chi connectivity index (χ3v) is 5.95. The number of oxime groups is 1. The molecule has 1 aliphatic rings. The van der Waals surface area contributed by atoms with Crippen LogP contribution >= 0.6 is 0 Å². The Hall–Kier alpha value is -2.78. The van der Waals surface area contributed by atoms with E-state index in [2.05, 4.69) is 5.16 Å². The van der Waals surface area contributed by atoms with Gasteiger partial charge in [-0.3, -0.25) is 0 Å². The first-order chi connectivity index (χ1) is 13.0. The van der Waals surface area contributed by atoms with Crippen molar-refractivity contribution in [2.75, 3.05) is 0 Å². The highest BCUT2D eigenvalue weighted by Gasteiger charge is 2.63. The van der Waals surface area contributed by atoms with E-state index in [1.165, 1.54) is 6.07 Å². The van der Waals surface area contributed by atoms with E-state index in [9.17, 15) is 17.6 Å². The summed E-state index contributed by atoms with van der Waals surface area (Å²) in [7, 11) is -4.16. The largest absolute Gasteiger partial charge is 0.380 e. The molecule has 0 saturated heterocycles. The number of carbonyl (C=O) groups excluding carboxylic acids is 1. The highest BCUT2D eigenvalue weighted by atomic mass is 32.2. The lowest BCUT2D eigenvalue weighted by Crippen LogP contribution is -2.16. The van der Waals surface area contributed by atoms with Gasteiger partial charge in [-0.15, -0.1) is 0 Å². The van der Waals surface area contributed by atoms with Crippen LogP contribution < -0.4 is 10.9 Å². The molecule has 0 unspecified atom stereocenters. The Morgan fingerprint density at radius 3 is 2.39 bits per heavy atom. The second kappa shape index (κ2) is 6.99. The summed E-state index contributed by atoms with van der Waals surface area (Å²) in [4.78, 5) is 16.9. The van der Waals surface area contributed by atoms with Crippen LogP contribution in [0.15, 0.2) is 58.6 Å². The van der Waals surface area contributed by atoms with Crippen molar-refractivity contribution < 1.29 is 22.4 Å². The highest BCUT2D eigenvalue weighted by molar-refractivity contribution is 7.89. The fourth-order valence-electron chi connectivity index (χ4n) is 3.45. The maximum absolute atomic E-state index is 14.1. The Labute approximate surface area is 162 Å². The second-order valence-corrected chi connectivity index (χ2v) is 8.79. The fraction of sp³-hybridized carbons (Fsp3) is 0.263. The molecule has 0 heterocycles. The first-order valence-electron chi connectivity index (χ1n) is 8.45. The van der Waals surface area contributed by atoms with Crippen molar-refractivity contribution in [2.45, 2.75) is 24.7 Å². The van der Waals surface area contributed by atoms with E-state index < -0.39 is 38.0 Å². The van der Waals surface area contributed by atoms with Crippen molar-refractivity contribution in [3.8, 4) is 0 Å². The van der Waals surface area contributed by atoms with Gasteiger partial charge in [-0.25, -0.2) is 22.7 Å². The second-order valence-electron chi connectivity index (χ2n) is 7.26. The molecule has 28 heavy (non-hydrogen) atoms. The predicted octanol–water partition coefficient (Wildman–Crippen LogP) is 2.08. The molecule has 0 spiro atoms. The predicted molar refractivity (Wildman–Crippen MR) is 101 cm³/mol. The van der Waals surface area contributed by atoms with E-state index in [-0.39, 0.29) is 11.8 Å². The third-order valence-electron chi connectivity index (χ3n) is 5.01. The molecule has 0 radical (unpaired) electrons. The molecule has 2 aromatic rings. The molecule has 2 aromatic carbocycles. The Morgan fingerprint density at radius 1 is 1.18 bits per heavy atom. The Kier molecular flexibility index (Phi) is 4.99. The number of nitrogens with two attached hydrogens (primary N) is 2. The molecule has 0 aromatic heterocycles. The van der Waals surface area contributed by atoms with Crippen molar-refractivity contribution >= 4 is 21.8 Å². The molecule has 7 nitrogen and oxygen atoms in total. The Morgan fingerprint density at radius 2 is 1.82 bits per heavy atom. The smallest absolute Gasteiger partial charge is 0.339 e. The molecular formula is C19H20FN3O4S. The zero-order chi connectivity index (χ0) is 20.7. The zero-order valence-corrected chi connectivity index (χ0v) is 16.1. The van der Waals surface area contributed by atoms with Gasteiger partial charge in [0.25, 0.3) is 0 Å². The number of benzene rings is 2. The molecule has 0 bridgehead atoms. The number of rotatable bonds is 5. The number of nitrogens with zero attached hydrogens (tertiary/aromatic N) is 1. The van der Waals surface area contributed by atoms with Gasteiger partial charge in [0.2, 0.25) is 10.0 Å². The summed E-state index contributed by atoms with van der Waals surface area (Å²) in [5.41, 5.74) is 6.40. The van der Waals surface area contributed by atoms with Gasteiger partial charge in [0.1, 0.15) is 10.7 Å². The highest BCUT2D eigenvalue weighted by Crippen LogP contribution is 2.64. The number of carbonyl (C=O) groups is 1. The summed E-state index contributed by atoms with van der Waals surface area (Å²) >= 11 is 0. The van der Waals surface area contributed by atoms with Gasteiger partial charge in [-0.05, 0) is 23.1 Å². The average molecular weight is 405 g/mol. The van der Waals surface area contributed by atoms with Gasteiger partial charge in [-0.2, -0.15) is 0 Å². The fourth-order valence-corrected chi connectivity index (χ4v) is 4.04. The van der Waals surface area contributed by atoms with Gasteiger partial charge >= 0.3 is 5.97 Å². The molecule has 3 rings (SSSR count). The molecule has 9 heteroatoms. The quantitative estimate of drug-likeness (QED) is 0.341. The SMILES string of the molecule is CC1(C)[C@H](C(=O)ON=C(N)c2ccccc2)[C@H]1c1ccc(S(N)(=O)=O)c(F)c1. The van der Waals surface area contributed by atoms with Crippen LogP contribution in [0.3, 0.4) is 0 Å². The zero-order valence-electron chi connectivity index (χ0n) is 15.3. The summed E-state index contributed by atoms with van der Waals surface area (Å²) in [6.07, 6.45) is 0. The molecule has 148 valence electrons. The topological polar surface area (TPSA) is 125 Å². The van der Waals surface area contributed by atoms with Crippen molar-refractivity contribution in [3.63, 3.8) is 0 Å². The summed E-state index contributed by atoms with van der Waals surface area (Å²) < 4.78 is 36.8. The number of halogens is 1. The molecule has 0 amide bonds. The third kappa shape index (κ3) is 3.76. The lowest BCUT2D eigenvalue weighted by molar-refractivity contribution is -0.146. The van der Waals surface area contributed by atoms with Gasteiger partial charge in [0, 0.05) is 11.5 Å². The Bertz CT molecular complexity index is 1050. The van der Waals surface area contributed by atoms with Crippen LogP contribution in [0, 0.1) is 17.2 Å². The number of primary sulfonamides is 1. The summed E-state index contributed by atoms with van der Waals surface area (Å²) in [5, 5.41) is 8.66. The van der Waals surface area contributed by atoms with Crippen LogP contribution in [-0.2, 0) is 19.7 Å². The molecule has 1 saturated carbocycles. The van der Waals surface area contributed by atoms with Crippen molar-refractivity contribution in [1.82, 2.24) is 0 Å². The Balaban J connectivity index is 1.77. The van der Waals surface area contributed by atoms with Crippen molar-refractivity contribution in [2.24, 2.45) is 27.4 Å². The number of sulfonamides is 1. The molecule has 4 N–H and O–H groups in total. The number of hydrogen-bond acceptors (Lipinski definition) is 5. The molecule has 0 aliphatic heterocycles. The van der Waals surface area contributed by atoms with Crippen LogP contribution in [0.25, 0.3) is 0 Å². The van der Waals surface area contributed by atoms with Crippen LogP contribution in [0.1, 0.15) is 30.9 Å². The van der Waals surface area contributed by atoms with Crippen molar-refractivity contribution in [3.05, 3.63) is 65.5 Å². The van der Waals surface area contributed by atoms with Crippen LogP contribution in [0.5, 0.6) is 0 Å². The standard InChI is InChI=1S/C19H20FN3O4S/c1-19(2)15(12-8-9-14(13(20)10-12)28(22,25)26)16(19)18(24)27-23-17(21)11-6-4-3-5-7-11/h3-10,15-16H,1-2H3,(H2,21,23)(H2,22,25,26)/t15-,16+/m1/s1. The normalized spacial score (nSPS) is 21.2. The summed E-state index contributed by atoms with van der Waals surface area (Å²) in [6.45, 7) is 3.67. The van der Waals surface area contributed by atoms with Gasteiger partial charge in [-0.1, -0.05) is 55.4 Å². The van der Waals surface area contributed by atoms with E-state index >= 15 is 0 Å². The maximum Gasteiger partial charge on any atom is 0.339 e. The van der Waals surface area contributed by atoms with Crippen LogP contribution in [0.2, 0.25) is 0 Å². The minimum absolute atomic E-state index is 0.0625. The lowest BCUT2D eigenvalue weighted by Gasteiger charge is -2.05. The molecule has 1 aliphatic carbocycles. The van der Waals surface area contributed by atoms with E-state index in [1.54, 1.807) is 24.3 Å². The first-order valence-corrected chi connectivity index (χ1v) is 10.00. The molecule has 2 atom stereocenters. The van der Waals surface area contributed by atoms with E-state index in [4.69, 9.17) is 15.7 Å².